The highest BCUT2D eigenvalue weighted by atomic mass is 35.5. The number of benzene rings is 2. The second-order valence-electron chi connectivity index (χ2n) is 9.93. The Morgan fingerprint density at radius 2 is 2.06 bits per heavy atom. The number of carbonyl (C=O) groups excluding carboxylic acids is 1. The summed E-state index contributed by atoms with van der Waals surface area (Å²) in [6.07, 6.45) is 3.78. The smallest absolute Gasteiger partial charge is 0.259 e. The lowest BCUT2D eigenvalue weighted by molar-refractivity contribution is 0.0772. The molecule has 1 unspecified atom stereocenters. The van der Waals surface area contributed by atoms with Gasteiger partial charge in [0.05, 0.1) is 18.4 Å². The van der Waals surface area contributed by atoms with Gasteiger partial charge in [0.15, 0.2) is 11.5 Å². The van der Waals surface area contributed by atoms with Crippen molar-refractivity contribution in [2.75, 3.05) is 6.54 Å². The molecule has 1 N–H and O–H groups in total. The molecular weight excluding hydrogens is 502 g/mol. The normalized spacial score (nSPS) is 17.0. The predicted molar refractivity (Wildman–Crippen MR) is 138 cm³/mol. The first kappa shape index (κ1) is 24.8. The van der Waals surface area contributed by atoms with E-state index >= 15 is 4.39 Å². The molecule has 1 saturated carbocycles. The standard InChI is InChI=1S/C28H27Cl2FN2O3/c1-28(2)11-10-23-26(36-28)25(27(34)33-14-22(31)20-9-8-18(29)13-21(20)30)24(15-32-23)35-19-5-3-4-17(12-19)16-6-7-16/h3-5,8-9,12-13,15-16,22H,6-7,10-11,14H2,1-2H3,(H,33,34). The molecule has 0 bridgehead atoms. The Morgan fingerprint density at radius 3 is 2.81 bits per heavy atom. The maximum Gasteiger partial charge on any atom is 0.259 e. The number of pyridine rings is 1. The number of aryl methyl sites for hydroxylation is 1. The van der Waals surface area contributed by atoms with Gasteiger partial charge in [0.2, 0.25) is 0 Å². The van der Waals surface area contributed by atoms with Gasteiger partial charge in [-0.15, -0.1) is 0 Å². The van der Waals surface area contributed by atoms with Crippen LogP contribution in [-0.4, -0.2) is 23.0 Å². The Bertz CT molecular complexity index is 1310. The van der Waals surface area contributed by atoms with Gasteiger partial charge in [-0.25, -0.2) is 4.39 Å². The van der Waals surface area contributed by atoms with E-state index in [9.17, 15) is 4.79 Å². The molecule has 3 aromatic rings. The molecule has 2 aliphatic rings. The van der Waals surface area contributed by atoms with Crippen molar-refractivity contribution in [3.8, 4) is 17.2 Å². The van der Waals surface area contributed by atoms with Crippen LogP contribution in [0, 0.1) is 0 Å². The average molecular weight is 529 g/mol. The average Bonchev–Trinajstić information content (AvgIpc) is 3.67. The molecule has 2 heterocycles. The molecule has 1 aliphatic heterocycles. The molecule has 1 atom stereocenters. The quantitative estimate of drug-likeness (QED) is 0.342. The van der Waals surface area contributed by atoms with E-state index in [0.29, 0.717) is 34.6 Å². The summed E-state index contributed by atoms with van der Waals surface area (Å²) in [5, 5.41) is 3.31. The molecule has 188 valence electrons. The van der Waals surface area contributed by atoms with E-state index in [1.165, 1.54) is 30.5 Å². The summed E-state index contributed by atoms with van der Waals surface area (Å²) in [7, 11) is 0. The molecular formula is C28H27Cl2FN2O3. The number of ether oxygens (including phenoxy) is 2. The zero-order valence-electron chi connectivity index (χ0n) is 20.1. The van der Waals surface area contributed by atoms with Crippen molar-refractivity contribution >= 4 is 29.1 Å². The Kier molecular flexibility index (Phi) is 6.84. The van der Waals surface area contributed by atoms with Crippen LogP contribution in [0.1, 0.15) is 72.4 Å². The third-order valence-electron chi connectivity index (χ3n) is 6.52. The lowest BCUT2D eigenvalue weighted by Crippen LogP contribution is -2.35. The number of carbonyl (C=O) groups is 1. The van der Waals surface area contributed by atoms with E-state index in [2.05, 4.69) is 16.4 Å². The number of aromatic nitrogens is 1. The molecule has 36 heavy (non-hydrogen) atoms. The van der Waals surface area contributed by atoms with Crippen molar-refractivity contribution in [1.29, 1.82) is 0 Å². The van der Waals surface area contributed by atoms with Crippen LogP contribution in [0.4, 0.5) is 4.39 Å². The van der Waals surface area contributed by atoms with E-state index < -0.39 is 17.7 Å². The Hall–Kier alpha value is -2.83. The summed E-state index contributed by atoms with van der Waals surface area (Å²) >= 11 is 12.1. The molecule has 5 rings (SSSR count). The van der Waals surface area contributed by atoms with Crippen molar-refractivity contribution in [3.05, 3.63) is 81.1 Å². The number of hydrogen-bond donors (Lipinski definition) is 1. The first-order valence-corrected chi connectivity index (χ1v) is 12.8. The molecule has 1 aliphatic carbocycles. The van der Waals surface area contributed by atoms with Gasteiger partial charge in [-0.3, -0.25) is 9.78 Å². The van der Waals surface area contributed by atoms with Gasteiger partial charge in [-0.2, -0.15) is 0 Å². The molecule has 0 radical (unpaired) electrons. The summed E-state index contributed by atoms with van der Waals surface area (Å²) in [5.74, 6) is 1.30. The molecule has 8 heteroatoms. The number of halogens is 3. The highest BCUT2D eigenvalue weighted by molar-refractivity contribution is 6.35. The van der Waals surface area contributed by atoms with Gasteiger partial charge in [0.1, 0.15) is 23.1 Å². The topological polar surface area (TPSA) is 60.5 Å². The Morgan fingerprint density at radius 1 is 1.25 bits per heavy atom. The van der Waals surface area contributed by atoms with Crippen LogP contribution in [0.25, 0.3) is 0 Å². The van der Waals surface area contributed by atoms with Crippen LogP contribution in [-0.2, 0) is 6.42 Å². The first-order valence-electron chi connectivity index (χ1n) is 12.1. The van der Waals surface area contributed by atoms with Crippen LogP contribution in [0.15, 0.2) is 48.7 Å². The van der Waals surface area contributed by atoms with Crippen molar-refractivity contribution in [2.24, 2.45) is 0 Å². The molecule has 2 aromatic carbocycles. The second kappa shape index (κ2) is 9.91. The molecule has 1 aromatic heterocycles. The van der Waals surface area contributed by atoms with Crippen LogP contribution >= 0.6 is 23.2 Å². The minimum atomic E-state index is -1.52. The highest BCUT2D eigenvalue weighted by Gasteiger charge is 2.34. The maximum atomic E-state index is 15.0. The number of amides is 1. The lowest BCUT2D eigenvalue weighted by Gasteiger charge is -2.33. The fourth-order valence-electron chi connectivity index (χ4n) is 4.35. The van der Waals surface area contributed by atoms with Gasteiger partial charge in [0, 0.05) is 15.6 Å². The summed E-state index contributed by atoms with van der Waals surface area (Å²) in [6, 6.07) is 12.4. The Balaban J connectivity index is 1.43. The number of fused-ring (bicyclic) bond motifs is 1. The summed E-state index contributed by atoms with van der Waals surface area (Å²) in [5.41, 5.74) is 1.87. The van der Waals surface area contributed by atoms with Crippen molar-refractivity contribution < 1.29 is 18.7 Å². The van der Waals surface area contributed by atoms with Gasteiger partial charge in [0.25, 0.3) is 5.91 Å². The fraction of sp³-hybridized carbons (Fsp3) is 0.357. The number of nitrogens with one attached hydrogen (secondary N) is 1. The number of nitrogens with zero attached hydrogens (tertiary/aromatic N) is 1. The van der Waals surface area contributed by atoms with E-state index in [1.54, 1.807) is 12.3 Å². The van der Waals surface area contributed by atoms with Crippen LogP contribution in [0.5, 0.6) is 17.2 Å². The molecule has 0 spiro atoms. The lowest BCUT2D eigenvalue weighted by atomic mass is 9.95. The largest absolute Gasteiger partial charge is 0.485 e. The summed E-state index contributed by atoms with van der Waals surface area (Å²) < 4.78 is 27.4. The molecule has 5 nitrogen and oxygen atoms in total. The highest BCUT2D eigenvalue weighted by Crippen LogP contribution is 2.43. The van der Waals surface area contributed by atoms with Crippen molar-refractivity contribution in [2.45, 2.75) is 57.2 Å². The predicted octanol–water partition coefficient (Wildman–Crippen LogP) is 7.60. The molecule has 0 saturated heterocycles. The van der Waals surface area contributed by atoms with Crippen molar-refractivity contribution in [3.63, 3.8) is 0 Å². The SMILES string of the molecule is CC1(C)CCc2ncc(Oc3cccc(C4CC4)c3)c(C(=O)NCC(F)c3ccc(Cl)cc3Cl)c2O1. The second-order valence-corrected chi connectivity index (χ2v) is 10.8. The van der Waals surface area contributed by atoms with E-state index in [-0.39, 0.29) is 28.4 Å². The van der Waals surface area contributed by atoms with E-state index in [4.69, 9.17) is 32.7 Å². The van der Waals surface area contributed by atoms with Gasteiger partial charge < -0.3 is 14.8 Å². The van der Waals surface area contributed by atoms with Crippen molar-refractivity contribution in [1.82, 2.24) is 10.3 Å². The monoisotopic (exact) mass is 528 g/mol. The zero-order chi connectivity index (χ0) is 25.4. The van der Waals surface area contributed by atoms with Gasteiger partial charge >= 0.3 is 0 Å². The van der Waals surface area contributed by atoms with E-state index in [1.807, 2.05) is 32.0 Å². The number of hydrogen-bond acceptors (Lipinski definition) is 4. The van der Waals surface area contributed by atoms with Crippen LogP contribution in [0.2, 0.25) is 10.0 Å². The molecule has 1 amide bonds. The minimum Gasteiger partial charge on any atom is -0.485 e. The van der Waals surface area contributed by atoms with Crippen LogP contribution in [0.3, 0.4) is 0 Å². The summed E-state index contributed by atoms with van der Waals surface area (Å²) in [4.78, 5) is 18.0. The first-order chi connectivity index (χ1) is 17.2. The third-order valence-corrected chi connectivity index (χ3v) is 7.08. The fourth-order valence-corrected chi connectivity index (χ4v) is 4.88. The summed E-state index contributed by atoms with van der Waals surface area (Å²) in [6.45, 7) is 3.64. The molecule has 1 fully saturated rings. The maximum absolute atomic E-state index is 15.0. The number of rotatable bonds is 7. The number of alkyl halides is 1. The van der Waals surface area contributed by atoms with Gasteiger partial charge in [-0.1, -0.05) is 41.4 Å². The third kappa shape index (κ3) is 5.45. The van der Waals surface area contributed by atoms with Crippen LogP contribution < -0.4 is 14.8 Å². The zero-order valence-corrected chi connectivity index (χ0v) is 21.6. The Labute approximate surface area is 219 Å². The van der Waals surface area contributed by atoms with Gasteiger partial charge in [-0.05, 0) is 75.3 Å². The minimum absolute atomic E-state index is 0.204. The van der Waals surface area contributed by atoms with E-state index in [0.717, 1.165) is 6.42 Å².